The van der Waals surface area contributed by atoms with Crippen LogP contribution in [0.25, 0.3) is 10.8 Å². The number of rotatable bonds is 4. The molecule has 1 heterocycles. The van der Waals surface area contributed by atoms with Crippen LogP contribution in [-0.2, 0) is 23.8 Å². The molecule has 32 heavy (non-hydrogen) atoms. The molecule has 0 spiro atoms. The van der Waals surface area contributed by atoms with Crippen LogP contribution in [0.3, 0.4) is 0 Å². The third-order valence-corrected chi connectivity index (χ3v) is 7.81. The first-order valence-electron chi connectivity index (χ1n) is 10.1. The predicted molar refractivity (Wildman–Crippen MR) is 110 cm³/mol. The second-order valence-electron chi connectivity index (χ2n) is 8.49. The number of carbonyl (C=O) groups excluding carboxylic acids is 1. The lowest BCUT2D eigenvalue weighted by atomic mass is 9.64. The molecule has 2 aliphatic rings. The zero-order valence-corrected chi connectivity index (χ0v) is 18.3. The van der Waals surface area contributed by atoms with Crippen LogP contribution in [0, 0.1) is 11.3 Å². The van der Waals surface area contributed by atoms with Crippen molar-refractivity contribution < 1.29 is 35.3 Å². The van der Waals surface area contributed by atoms with Crippen LogP contribution in [0.2, 0.25) is 0 Å². The van der Waals surface area contributed by atoms with E-state index in [1.165, 1.54) is 0 Å². The van der Waals surface area contributed by atoms with Crippen molar-refractivity contribution in [1.29, 1.82) is 0 Å². The number of halogens is 3. The van der Waals surface area contributed by atoms with Gasteiger partial charge in [-0.1, -0.05) is 19.1 Å². The molecule has 10 heteroatoms. The van der Waals surface area contributed by atoms with Gasteiger partial charge in [0.2, 0.25) is 0 Å². The van der Waals surface area contributed by atoms with Gasteiger partial charge in [0.25, 0.3) is 0 Å². The van der Waals surface area contributed by atoms with E-state index < -0.39 is 38.7 Å². The van der Waals surface area contributed by atoms with Gasteiger partial charge in [-0.3, -0.25) is 4.98 Å². The molecule has 172 valence electrons. The lowest BCUT2D eigenvalue weighted by molar-refractivity contribution is -0.137. The molecule has 1 fully saturated rings. The minimum Gasteiger partial charge on any atom is -0.466 e. The minimum atomic E-state index is -5.92. The Balaban J connectivity index is 1.76. The summed E-state index contributed by atoms with van der Waals surface area (Å²) >= 11 is 0. The van der Waals surface area contributed by atoms with Crippen molar-refractivity contribution in [1.82, 2.24) is 4.98 Å². The largest absolute Gasteiger partial charge is 0.534 e. The van der Waals surface area contributed by atoms with Crippen LogP contribution < -0.4 is 0 Å². The first kappa shape index (κ1) is 22.6. The SMILES string of the molecule is COC(=O)C1=C(OS(=O)(=O)C(F)(F)F)[C@@H]2CC[C@H](c3ccc4ccncc4c3)[C@@]2(C)CC1. The molecule has 0 unspecified atom stereocenters. The Hall–Kier alpha value is -2.62. The van der Waals surface area contributed by atoms with Gasteiger partial charge in [0.05, 0.1) is 12.7 Å². The summed E-state index contributed by atoms with van der Waals surface area (Å²) in [5, 5.41) is 1.95. The van der Waals surface area contributed by atoms with E-state index in [1.54, 1.807) is 12.4 Å². The number of hydrogen-bond acceptors (Lipinski definition) is 6. The van der Waals surface area contributed by atoms with E-state index in [0.717, 1.165) is 23.4 Å². The first-order chi connectivity index (χ1) is 15.0. The van der Waals surface area contributed by atoms with Gasteiger partial charge in [-0.2, -0.15) is 21.6 Å². The van der Waals surface area contributed by atoms with Gasteiger partial charge in [-0.15, -0.1) is 0 Å². The number of allylic oxidation sites excluding steroid dienone is 1. The average Bonchev–Trinajstić information content (AvgIpc) is 3.09. The first-order valence-corrected chi connectivity index (χ1v) is 11.5. The van der Waals surface area contributed by atoms with E-state index in [1.807, 2.05) is 31.2 Å². The number of fused-ring (bicyclic) bond motifs is 2. The molecule has 1 saturated carbocycles. The van der Waals surface area contributed by atoms with Crippen LogP contribution in [0.4, 0.5) is 13.2 Å². The minimum absolute atomic E-state index is 0.0523. The number of esters is 1. The zero-order valence-electron chi connectivity index (χ0n) is 17.5. The Bertz CT molecular complexity index is 1210. The summed E-state index contributed by atoms with van der Waals surface area (Å²) in [7, 11) is -4.83. The summed E-state index contributed by atoms with van der Waals surface area (Å²) in [5.41, 5.74) is -5.34. The van der Waals surface area contributed by atoms with Crippen molar-refractivity contribution in [2.45, 2.75) is 44.0 Å². The van der Waals surface area contributed by atoms with Crippen molar-refractivity contribution in [2.75, 3.05) is 7.11 Å². The fourth-order valence-corrected chi connectivity index (χ4v) is 5.76. The predicted octanol–water partition coefficient (Wildman–Crippen LogP) is 4.82. The van der Waals surface area contributed by atoms with Gasteiger partial charge in [0.1, 0.15) is 5.76 Å². The van der Waals surface area contributed by atoms with Crippen LogP contribution in [0.5, 0.6) is 0 Å². The molecule has 0 saturated heterocycles. The molecule has 2 aliphatic carbocycles. The van der Waals surface area contributed by atoms with Crippen molar-refractivity contribution in [2.24, 2.45) is 11.3 Å². The zero-order chi connectivity index (χ0) is 23.3. The maximum Gasteiger partial charge on any atom is 0.534 e. The van der Waals surface area contributed by atoms with E-state index in [0.29, 0.717) is 19.3 Å². The Kier molecular flexibility index (Phi) is 5.47. The monoisotopic (exact) mass is 469 g/mol. The van der Waals surface area contributed by atoms with Crippen LogP contribution in [-0.4, -0.2) is 32.0 Å². The molecule has 0 bridgehead atoms. The Morgan fingerprint density at radius 2 is 1.88 bits per heavy atom. The average molecular weight is 469 g/mol. The number of benzene rings is 1. The summed E-state index contributed by atoms with van der Waals surface area (Å²) < 4.78 is 72.2. The third kappa shape index (κ3) is 3.64. The lowest BCUT2D eigenvalue weighted by Gasteiger charge is -2.41. The summed E-state index contributed by atoms with van der Waals surface area (Å²) in [4.78, 5) is 16.4. The quantitative estimate of drug-likeness (QED) is 0.363. The van der Waals surface area contributed by atoms with Crippen molar-refractivity contribution in [3.05, 3.63) is 53.6 Å². The lowest BCUT2D eigenvalue weighted by Crippen LogP contribution is -2.37. The van der Waals surface area contributed by atoms with Gasteiger partial charge in [0, 0.05) is 23.7 Å². The van der Waals surface area contributed by atoms with Crippen LogP contribution in [0.15, 0.2) is 48.0 Å². The summed E-state index contributed by atoms with van der Waals surface area (Å²) in [6.07, 6.45) is 4.98. The molecule has 1 aromatic heterocycles. The van der Waals surface area contributed by atoms with Crippen LogP contribution in [0.1, 0.15) is 44.1 Å². The topological polar surface area (TPSA) is 82.6 Å². The Labute approximate surface area is 183 Å². The highest BCUT2D eigenvalue weighted by Gasteiger charge is 2.56. The number of methoxy groups -OCH3 is 1. The van der Waals surface area contributed by atoms with Gasteiger partial charge in [-0.05, 0) is 60.1 Å². The number of aromatic nitrogens is 1. The van der Waals surface area contributed by atoms with E-state index >= 15 is 0 Å². The van der Waals surface area contributed by atoms with Gasteiger partial charge >= 0.3 is 21.6 Å². The molecular weight excluding hydrogens is 447 g/mol. The normalized spacial score (nSPS) is 26.2. The van der Waals surface area contributed by atoms with E-state index in [9.17, 15) is 26.4 Å². The van der Waals surface area contributed by atoms with Gasteiger partial charge < -0.3 is 8.92 Å². The molecule has 0 aliphatic heterocycles. The van der Waals surface area contributed by atoms with Gasteiger partial charge in [0.15, 0.2) is 0 Å². The van der Waals surface area contributed by atoms with E-state index in [4.69, 9.17) is 4.74 Å². The van der Waals surface area contributed by atoms with Crippen molar-refractivity contribution in [3.63, 3.8) is 0 Å². The Morgan fingerprint density at radius 3 is 2.56 bits per heavy atom. The molecule has 0 radical (unpaired) electrons. The highest BCUT2D eigenvalue weighted by Crippen LogP contribution is 2.61. The number of pyridine rings is 1. The highest BCUT2D eigenvalue weighted by atomic mass is 32.2. The fraction of sp³-hybridized carbons (Fsp3) is 0.455. The number of alkyl halides is 3. The molecule has 1 aromatic carbocycles. The number of ether oxygens (including phenoxy) is 1. The maximum atomic E-state index is 13.1. The number of carbonyl (C=O) groups is 1. The van der Waals surface area contributed by atoms with E-state index in [2.05, 4.69) is 9.17 Å². The molecule has 0 amide bonds. The fourth-order valence-electron chi connectivity index (χ4n) is 5.21. The highest BCUT2D eigenvalue weighted by molar-refractivity contribution is 7.87. The second-order valence-corrected chi connectivity index (χ2v) is 10.0. The maximum absolute atomic E-state index is 13.1. The van der Waals surface area contributed by atoms with Crippen molar-refractivity contribution >= 4 is 26.9 Å². The Morgan fingerprint density at radius 1 is 1.16 bits per heavy atom. The molecule has 0 N–H and O–H groups in total. The molecule has 4 rings (SSSR count). The molecule has 2 aromatic rings. The standard InChI is InChI=1S/C22H22F3NO5S/c1-21-9-7-16(20(27)30-2)19(31-32(28,29)22(23,24)25)18(21)6-5-17(21)14-4-3-13-8-10-26-12-15(13)11-14/h3-4,8,10-12,17-18H,5-7,9H2,1-2H3/t17-,18+,21-/m1/s1. The second kappa shape index (κ2) is 7.75. The summed E-state index contributed by atoms with van der Waals surface area (Å²) in [6.45, 7) is 1.92. The molecular formula is C22H22F3NO5S. The number of nitrogens with zero attached hydrogens (tertiary/aromatic N) is 1. The molecule has 3 atom stereocenters. The smallest absolute Gasteiger partial charge is 0.466 e. The third-order valence-electron chi connectivity index (χ3n) is 6.85. The van der Waals surface area contributed by atoms with E-state index in [-0.39, 0.29) is 17.9 Å². The van der Waals surface area contributed by atoms with Crippen LogP contribution >= 0.6 is 0 Å². The molecule has 6 nitrogen and oxygen atoms in total. The number of hydrogen-bond donors (Lipinski definition) is 0. The summed E-state index contributed by atoms with van der Waals surface area (Å²) in [6, 6.07) is 7.84. The van der Waals surface area contributed by atoms with Gasteiger partial charge in [-0.25, -0.2) is 4.79 Å². The summed E-state index contributed by atoms with van der Waals surface area (Å²) in [5.74, 6) is -2.03. The van der Waals surface area contributed by atoms with Crippen molar-refractivity contribution in [3.8, 4) is 0 Å².